The highest BCUT2D eigenvalue weighted by molar-refractivity contribution is 5.69. The number of esters is 1. The number of unbranched alkanes of at least 4 members (excludes halogenated alkanes) is 32. The zero-order chi connectivity index (χ0) is 35.0. The molecule has 286 valence electrons. The van der Waals surface area contributed by atoms with Gasteiger partial charge in [-0.1, -0.05) is 213 Å². The molecule has 0 aliphatic heterocycles. The second-order valence-corrected chi connectivity index (χ2v) is 15.3. The summed E-state index contributed by atoms with van der Waals surface area (Å²) in [6.07, 6.45) is 48.8. The van der Waals surface area contributed by atoms with Crippen LogP contribution in [0.3, 0.4) is 0 Å². The number of hydrogen-bond donors (Lipinski definition) is 1. The van der Waals surface area contributed by atoms with Gasteiger partial charge in [-0.05, 0) is 38.5 Å². The predicted octanol–water partition coefficient (Wildman–Crippen LogP) is 15.2. The van der Waals surface area contributed by atoms with Crippen LogP contribution in [0.5, 0.6) is 0 Å². The van der Waals surface area contributed by atoms with Gasteiger partial charge in [-0.25, -0.2) is 0 Å². The second-order valence-electron chi connectivity index (χ2n) is 15.3. The highest BCUT2D eigenvalue weighted by Crippen LogP contribution is 2.19. The summed E-state index contributed by atoms with van der Waals surface area (Å²) in [6.45, 7) is 4.55. The molecule has 1 unspecified atom stereocenters. The largest absolute Gasteiger partial charge is 0.481 e. The van der Waals surface area contributed by atoms with Gasteiger partial charge < -0.3 is 9.84 Å². The third-order valence-corrected chi connectivity index (χ3v) is 10.3. The van der Waals surface area contributed by atoms with Gasteiger partial charge in [0, 0.05) is 12.8 Å². The lowest BCUT2D eigenvalue weighted by molar-refractivity contribution is -0.150. The number of carboxylic acid groups (broad SMARTS) is 1. The van der Waals surface area contributed by atoms with Crippen LogP contribution in [0.2, 0.25) is 0 Å². The molecule has 48 heavy (non-hydrogen) atoms. The van der Waals surface area contributed by atoms with Gasteiger partial charge in [0.2, 0.25) is 0 Å². The van der Waals surface area contributed by atoms with Crippen molar-refractivity contribution in [1.29, 1.82) is 0 Å². The van der Waals surface area contributed by atoms with Gasteiger partial charge in [-0.15, -0.1) is 0 Å². The Labute approximate surface area is 301 Å². The monoisotopic (exact) mass is 679 g/mol. The first-order valence-corrected chi connectivity index (χ1v) is 22.0. The summed E-state index contributed by atoms with van der Waals surface area (Å²) in [5.74, 6) is -0.624. The number of carbonyl (C=O) groups is 2. The molecule has 0 saturated carbocycles. The minimum Gasteiger partial charge on any atom is -0.481 e. The van der Waals surface area contributed by atoms with Crippen LogP contribution in [0.15, 0.2) is 0 Å². The van der Waals surface area contributed by atoms with E-state index in [0.29, 0.717) is 12.8 Å². The standard InChI is InChI=1S/C44H86O4/c1-3-5-7-9-10-11-12-13-14-15-16-17-18-19-23-26-29-33-37-41-44(47)48-42(38-34-30-8-6-4-2)39-35-31-27-24-21-20-22-25-28-32-36-40-43(45)46/h42H,3-41H2,1-2H3,(H,45,46). The Hall–Kier alpha value is -1.06. The van der Waals surface area contributed by atoms with E-state index < -0.39 is 5.97 Å². The first-order chi connectivity index (χ1) is 23.6. The first-order valence-electron chi connectivity index (χ1n) is 22.0. The average molecular weight is 679 g/mol. The normalized spacial score (nSPS) is 12.0. The maximum absolute atomic E-state index is 12.7. The van der Waals surface area contributed by atoms with Crippen molar-refractivity contribution in [2.75, 3.05) is 0 Å². The third kappa shape index (κ3) is 39.4. The zero-order valence-electron chi connectivity index (χ0n) is 32.8. The minimum absolute atomic E-state index is 0.0449. The molecule has 0 aliphatic rings. The van der Waals surface area contributed by atoms with Gasteiger partial charge in [0.25, 0.3) is 0 Å². The fraction of sp³-hybridized carbons (Fsp3) is 0.955. The molecule has 0 saturated heterocycles. The van der Waals surface area contributed by atoms with E-state index in [1.807, 2.05) is 0 Å². The number of rotatable bonds is 41. The van der Waals surface area contributed by atoms with E-state index >= 15 is 0 Å². The Morgan fingerprint density at radius 2 is 0.625 bits per heavy atom. The topological polar surface area (TPSA) is 63.6 Å². The van der Waals surface area contributed by atoms with Crippen molar-refractivity contribution in [2.45, 2.75) is 270 Å². The summed E-state index contributed by atoms with van der Waals surface area (Å²) >= 11 is 0. The molecule has 0 rings (SSSR count). The van der Waals surface area contributed by atoms with Crippen LogP contribution in [0.25, 0.3) is 0 Å². The smallest absolute Gasteiger partial charge is 0.306 e. The van der Waals surface area contributed by atoms with Gasteiger partial charge in [-0.2, -0.15) is 0 Å². The molecule has 0 bridgehead atoms. The SMILES string of the molecule is CCCCCCCCCCCCCCCCCCCCCC(=O)OC(CCCCCCC)CCCCCCCCCCCCCC(=O)O. The van der Waals surface area contributed by atoms with Crippen LogP contribution in [-0.2, 0) is 14.3 Å². The highest BCUT2D eigenvalue weighted by Gasteiger charge is 2.14. The Kier molecular flexibility index (Phi) is 39.5. The molecule has 0 aromatic carbocycles. The fourth-order valence-electron chi connectivity index (χ4n) is 7.07. The van der Waals surface area contributed by atoms with E-state index in [4.69, 9.17) is 9.84 Å². The van der Waals surface area contributed by atoms with Crippen LogP contribution < -0.4 is 0 Å². The van der Waals surface area contributed by atoms with E-state index in [9.17, 15) is 9.59 Å². The van der Waals surface area contributed by atoms with Crippen molar-refractivity contribution >= 4 is 11.9 Å². The lowest BCUT2D eigenvalue weighted by atomic mass is 10.0. The number of carboxylic acids is 1. The highest BCUT2D eigenvalue weighted by atomic mass is 16.5. The fourth-order valence-corrected chi connectivity index (χ4v) is 7.07. The summed E-state index contributed by atoms with van der Waals surface area (Å²) in [5, 5.41) is 8.71. The van der Waals surface area contributed by atoms with Gasteiger partial charge >= 0.3 is 11.9 Å². The summed E-state index contributed by atoms with van der Waals surface area (Å²) in [6, 6.07) is 0. The lowest BCUT2D eigenvalue weighted by Crippen LogP contribution is -2.18. The van der Waals surface area contributed by atoms with Gasteiger partial charge in [-0.3, -0.25) is 9.59 Å². The zero-order valence-corrected chi connectivity index (χ0v) is 32.8. The van der Waals surface area contributed by atoms with Gasteiger partial charge in [0.1, 0.15) is 6.10 Å². The van der Waals surface area contributed by atoms with Crippen LogP contribution in [0, 0.1) is 0 Å². The predicted molar refractivity (Wildman–Crippen MR) is 209 cm³/mol. The minimum atomic E-state index is -0.669. The maximum atomic E-state index is 12.7. The average Bonchev–Trinajstić information content (AvgIpc) is 3.07. The molecule has 4 heteroatoms. The van der Waals surface area contributed by atoms with E-state index in [1.165, 1.54) is 205 Å². The van der Waals surface area contributed by atoms with Crippen molar-refractivity contribution in [2.24, 2.45) is 0 Å². The Morgan fingerprint density at radius 1 is 0.375 bits per heavy atom. The molecular weight excluding hydrogens is 592 g/mol. The van der Waals surface area contributed by atoms with E-state index in [2.05, 4.69) is 13.8 Å². The third-order valence-electron chi connectivity index (χ3n) is 10.3. The van der Waals surface area contributed by atoms with E-state index in [1.54, 1.807) is 0 Å². The number of aliphatic carboxylic acids is 1. The number of hydrogen-bond acceptors (Lipinski definition) is 3. The summed E-state index contributed by atoms with van der Waals surface area (Å²) in [5.41, 5.74) is 0. The Bertz CT molecular complexity index is 648. The second kappa shape index (κ2) is 40.4. The molecule has 1 atom stereocenters. The summed E-state index contributed by atoms with van der Waals surface area (Å²) in [4.78, 5) is 23.2. The first kappa shape index (κ1) is 46.9. The van der Waals surface area contributed by atoms with Gasteiger partial charge in [0.15, 0.2) is 0 Å². The number of ether oxygens (including phenoxy) is 1. The molecule has 0 heterocycles. The number of carbonyl (C=O) groups excluding carboxylic acids is 1. The van der Waals surface area contributed by atoms with Crippen molar-refractivity contribution in [1.82, 2.24) is 0 Å². The lowest BCUT2D eigenvalue weighted by Gasteiger charge is -2.18. The molecule has 0 amide bonds. The molecule has 0 radical (unpaired) electrons. The molecule has 0 fully saturated rings. The molecule has 0 aliphatic carbocycles. The molecule has 0 aromatic rings. The summed E-state index contributed by atoms with van der Waals surface area (Å²) in [7, 11) is 0. The van der Waals surface area contributed by atoms with E-state index in [-0.39, 0.29) is 12.1 Å². The van der Waals surface area contributed by atoms with Crippen molar-refractivity contribution in [3.05, 3.63) is 0 Å². The molecule has 4 nitrogen and oxygen atoms in total. The molecule has 1 N–H and O–H groups in total. The Morgan fingerprint density at radius 3 is 0.917 bits per heavy atom. The molecular formula is C44H86O4. The molecule has 0 spiro atoms. The van der Waals surface area contributed by atoms with Crippen LogP contribution >= 0.6 is 0 Å². The van der Waals surface area contributed by atoms with Gasteiger partial charge in [0.05, 0.1) is 0 Å². The van der Waals surface area contributed by atoms with Crippen LogP contribution in [0.1, 0.15) is 264 Å². The van der Waals surface area contributed by atoms with Crippen LogP contribution in [0.4, 0.5) is 0 Å². The van der Waals surface area contributed by atoms with Crippen LogP contribution in [-0.4, -0.2) is 23.1 Å². The van der Waals surface area contributed by atoms with Crippen molar-refractivity contribution < 1.29 is 19.4 Å². The van der Waals surface area contributed by atoms with Crippen molar-refractivity contribution in [3.8, 4) is 0 Å². The quantitative estimate of drug-likeness (QED) is 0.0516. The maximum Gasteiger partial charge on any atom is 0.306 e. The summed E-state index contributed by atoms with van der Waals surface area (Å²) < 4.78 is 6.04. The van der Waals surface area contributed by atoms with Crippen molar-refractivity contribution in [3.63, 3.8) is 0 Å². The van der Waals surface area contributed by atoms with E-state index in [0.717, 1.165) is 32.1 Å². The Balaban J connectivity index is 3.76. The molecule has 0 aromatic heterocycles.